The van der Waals surface area contributed by atoms with Gasteiger partial charge in [0.2, 0.25) is 0 Å². The van der Waals surface area contributed by atoms with Crippen molar-refractivity contribution >= 4 is 29.9 Å². The maximum atomic E-state index is 5.92. The highest BCUT2D eigenvalue weighted by Gasteiger charge is 2.41. The summed E-state index contributed by atoms with van der Waals surface area (Å²) < 4.78 is 7.80. The summed E-state index contributed by atoms with van der Waals surface area (Å²) in [6, 6.07) is 12.5. The Kier molecular flexibility index (Phi) is 6.53. The van der Waals surface area contributed by atoms with E-state index >= 15 is 0 Å². The van der Waals surface area contributed by atoms with Gasteiger partial charge in [-0.05, 0) is 44.4 Å². The summed E-state index contributed by atoms with van der Waals surface area (Å²) in [7, 11) is 0. The van der Waals surface area contributed by atoms with Crippen LogP contribution in [0.2, 0.25) is 0 Å². The first kappa shape index (κ1) is 19.2. The molecule has 0 amide bonds. The van der Waals surface area contributed by atoms with Crippen molar-refractivity contribution in [2.24, 2.45) is 4.99 Å². The average Bonchev–Trinajstić information content (AvgIpc) is 3.37. The number of aromatic nitrogens is 2. The molecule has 2 fully saturated rings. The van der Waals surface area contributed by atoms with E-state index in [9.17, 15) is 0 Å². The molecule has 0 aliphatic carbocycles. The summed E-state index contributed by atoms with van der Waals surface area (Å²) in [5, 5.41) is 11.5. The van der Waals surface area contributed by atoms with Gasteiger partial charge in [0.25, 0.3) is 0 Å². The van der Waals surface area contributed by atoms with E-state index in [-0.39, 0.29) is 24.0 Å². The maximum Gasteiger partial charge on any atom is 0.191 e. The van der Waals surface area contributed by atoms with E-state index in [2.05, 4.69) is 22.7 Å². The Balaban J connectivity index is 0.00000196. The molecular weight excluding hydrogens is 441 g/mol. The van der Waals surface area contributed by atoms with E-state index in [0.29, 0.717) is 24.8 Å². The third-order valence-corrected chi connectivity index (χ3v) is 4.84. The first-order chi connectivity index (χ1) is 12.3. The molecule has 7 heteroatoms. The van der Waals surface area contributed by atoms with E-state index in [1.807, 2.05) is 47.3 Å². The fraction of sp³-hybridized carbons (Fsp3) is 0.474. The molecule has 2 bridgehead atoms. The molecule has 4 rings (SSSR count). The number of hydrogen-bond donors (Lipinski definition) is 2. The molecule has 2 saturated heterocycles. The molecule has 3 heterocycles. The number of aliphatic imine (C=N–C) groups is 1. The molecule has 3 atom stereocenters. The van der Waals surface area contributed by atoms with Gasteiger partial charge in [-0.25, -0.2) is 9.67 Å². The largest absolute Gasteiger partial charge is 0.373 e. The number of ether oxygens (including phenoxy) is 1. The zero-order chi connectivity index (χ0) is 17.1. The van der Waals surface area contributed by atoms with Crippen LogP contribution in [0.25, 0.3) is 5.69 Å². The van der Waals surface area contributed by atoms with Crippen molar-refractivity contribution in [2.75, 3.05) is 6.54 Å². The first-order valence-corrected chi connectivity index (χ1v) is 9.12. The minimum atomic E-state index is 0. The van der Waals surface area contributed by atoms with Gasteiger partial charge in [-0.3, -0.25) is 0 Å². The van der Waals surface area contributed by atoms with Crippen molar-refractivity contribution in [1.29, 1.82) is 0 Å². The molecule has 2 aliphatic heterocycles. The Bertz CT molecular complexity index is 733. The number of benzene rings is 1. The SMILES string of the molecule is CCNC(=NCc1ccn(-c2ccccc2)n1)NC1CC2CCC1O2.I. The van der Waals surface area contributed by atoms with Crippen LogP contribution in [0.4, 0.5) is 0 Å². The van der Waals surface area contributed by atoms with Crippen molar-refractivity contribution in [3.63, 3.8) is 0 Å². The molecule has 140 valence electrons. The zero-order valence-corrected chi connectivity index (χ0v) is 17.3. The van der Waals surface area contributed by atoms with E-state index in [0.717, 1.165) is 36.7 Å². The standard InChI is InChI=1S/C19H25N5O.HI/c1-2-20-19(22-17-12-16-8-9-18(17)25-16)21-13-14-10-11-24(23-14)15-6-4-3-5-7-15;/h3-7,10-11,16-18H,2,8-9,12-13H2,1H3,(H2,20,21,22);1H. The lowest BCUT2D eigenvalue weighted by molar-refractivity contribution is 0.0992. The minimum absolute atomic E-state index is 0. The lowest BCUT2D eigenvalue weighted by Gasteiger charge is -2.22. The van der Waals surface area contributed by atoms with Crippen molar-refractivity contribution in [2.45, 2.75) is 51.0 Å². The molecule has 1 aromatic heterocycles. The Morgan fingerprint density at radius 3 is 2.81 bits per heavy atom. The van der Waals surface area contributed by atoms with Crippen LogP contribution in [0.15, 0.2) is 47.6 Å². The average molecular weight is 467 g/mol. The number of fused-ring (bicyclic) bond motifs is 2. The highest BCUT2D eigenvalue weighted by molar-refractivity contribution is 14.0. The molecule has 2 N–H and O–H groups in total. The number of nitrogens with one attached hydrogen (secondary N) is 2. The number of rotatable bonds is 5. The molecule has 0 saturated carbocycles. The summed E-state index contributed by atoms with van der Waals surface area (Å²) in [5.41, 5.74) is 2.01. The Hall–Kier alpha value is -1.61. The van der Waals surface area contributed by atoms with Gasteiger partial charge < -0.3 is 15.4 Å². The topological polar surface area (TPSA) is 63.5 Å². The van der Waals surface area contributed by atoms with Crippen molar-refractivity contribution in [3.8, 4) is 5.69 Å². The molecule has 0 spiro atoms. The molecule has 6 nitrogen and oxygen atoms in total. The van der Waals surface area contributed by atoms with Crippen LogP contribution in [-0.2, 0) is 11.3 Å². The number of guanidine groups is 1. The zero-order valence-electron chi connectivity index (χ0n) is 15.0. The third-order valence-electron chi connectivity index (χ3n) is 4.84. The second-order valence-corrected chi connectivity index (χ2v) is 6.64. The maximum absolute atomic E-state index is 5.92. The van der Waals surface area contributed by atoms with Crippen LogP contribution in [0.3, 0.4) is 0 Å². The molecule has 26 heavy (non-hydrogen) atoms. The predicted molar refractivity (Wildman–Crippen MR) is 113 cm³/mol. The van der Waals surface area contributed by atoms with Crippen molar-refractivity contribution in [1.82, 2.24) is 20.4 Å². The van der Waals surface area contributed by atoms with E-state index < -0.39 is 0 Å². The predicted octanol–water partition coefficient (Wildman–Crippen LogP) is 2.87. The summed E-state index contributed by atoms with van der Waals surface area (Å²) in [6.07, 6.45) is 6.19. The fourth-order valence-electron chi connectivity index (χ4n) is 3.62. The Morgan fingerprint density at radius 2 is 2.12 bits per heavy atom. The smallest absolute Gasteiger partial charge is 0.191 e. The number of hydrogen-bond acceptors (Lipinski definition) is 3. The fourth-order valence-corrected chi connectivity index (χ4v) is 3.62. The van der Waals surface area contributed by atoms with Gasteiger partial charge in [-0.2, -0.15) is 5.10 Å². The molecular formula is C19H26IN5O. The monoisotopic (exact) mass is 467 g/mol. The van der Waals surface area contributed by atoms with E-state index in [4.69, 9.17) is 9.73 Å². The van der Waals surface area contributed by atoms with Gasteiger partial charge in [-0.15, -0.1) is 24.0 Å². The quantitative estimate of drug-likeness (QED) is 0.404. The van der Waals surface area contributed by atoms with E-state index in [1.54, 1.807) is 0 Å². The van der Waals surface area contributed by atoms with E-state index in [1.165, 1.54) is 6.42 Å². The van der Waals surface area contributed by atoms with Crippen LogP contribution < -0.4 is 10.6 Å². The highest BCUT2D eigenvalue weighted by atomic mass is 127. The number of nitrogens with zero attached hydrogens (tertiary/aromatic N) is 3. The van der Waals surface area contributed by atoms with Gasteiger partial charge in [0.15, 0.2) is 5.96 Å². The molecule has 1 aromatic carbocycles. The summed E-state index contributed by atoms with van der Waals surface area (Å²) in [4.78, 5) is 4.70. The van der Waals surface area contributed by atoms with Crippen molar-refractivity contribution in [3.05, 3.63) is 48.3 Å². The van der Waals surface area contributed by atoms with Gasteiger partial charge >= 0.3 is 0 Å². The first-order valence-electron chi connectivity index (χ1n) is 9.12. The molecule has 2 aromatic rings. The van der Waals surface area contributed by atoms with Gasteiger partial charge in [0.1, 0.15) is 0 Å². The normalized spacial score (nSPS) is 24.3. The van der Waals surface area contributed by atoms with Gasteiger partial charge in [0.05, 0.1) is 36.2 Å². The molecule has 0 radical (unpaired) electrons. The number of halogens is 1. The summed E-state index contributed by atoms with van der Waals surface area (Å²) >= 11 is 0. The second-order valence-electron chi connectivity index (χ2n) is 6.64. The number of para-hydroxylation sites is 1. The van der Waals surface area contributed by atoms with Crippen LogP contribution in [0.1, 0.15) is 31.9 Å². The minimum Gasteiger partial charge on any atom is -0.373 e. The lowest BCUT2D eigenvalue weighted by atomic mass is 9.96. The molecule has 3 unspecified atom stereocenters. The summed E-state index contributed by atoms with van der Waals surface area (Å²) in [5.74, 6) is 0.845. The van der Waals surface area contributed by atoms with Crippen LogP contribution in [0.5, 0.6) is 0 Å². The Morgan fingerprint density at radius 1 is 1.27 bits per heavy atom. The van der Waals surface area contributed by atoms with Gasteiger partial charge in [0, 0.05) is 12.7 Å². The third kappa shape index (κ3) is 4.37. The Labute approximate surface area is 171 Å². The molecule has 2 aliphatic rings. The second kappa shape index (κ2) is 8.85. The van der Waals surface area contributed by atoms with Crippen LogP contribution >= 0.6 is 24.0 Å². The van der Waals surface area contributed by atoms with Crippen LogP contribution in [-0.4, -0.2) is 40.5 Å². The highest BCUT2D eigenvalue weighted by Crippen LogP contribution is 2.34. The summed E-state index contributed by atoms with van der Waals surface area (Å²) in [6.45, 7) is 3.47. The lowest BCUT2D eigenvalue weighted by Crippen LogP contribution is -2.47. The van der Waals surface area contributed by atoms with Crippen molar-refractivity contribution < 1.29 is 4.74 Å². The van der Waals surface area contributed by atoms with Crippen LogP contribution in [0, 0.1) is 0 Å². The van der Waals surface area contributed by atoms with Gasteiger partial charge in [-0.1, -0.05) is 18.2 Å².